The second kappa shape index (κ2) is 6.96. The van der Waals surface area contributed by atoms with Gasteiger partial charge in [0.1, 0.15) is 0 Å². The van der Waals surface area contributed by atoms with Crippen LogP contribution in [-0.4, -0.2) is 28.3 Å². The van der Waals surface area contributed by atoms with Gasteiger partial charge in [0.15, 0.2) is 0 Å². The van der Waals surface area contributed by atoms with Crippen molar-refractivity contribution in [3.63, 3.8) is 0 Å². The highest BCUT2D eigenvalue weighted by Gasteiger charge is 2.14. The van der Waals surface area contributed by atoms with Gasteiger partial charge in [-0.05, 0) is 31.9 Å². The van der Waals surface area contributed by atoms with Gasteiger partial charge in [0.05, 0.1) is 24.4 Å². The summed E-state index contributed by atoms with van der Waals surface area (Å²) in [5.74, 6) is 0. The van der Waals surface area contributed by atoms with Crippen LogP contribution in [0.5, 0.6) is 0 Å². The van der Waals surface area contributed by atoms with Crippen molar-refractivity contribution in [2.45, 2.75) is 45.9 Å². The van der Waals surface area contributed by atoms with E-state index in [1.54, 1.807) is 13.1 Å². The summed E-state index contributed by atoms with van der Waals surface area (Å²) in [7, 11) is 0. The summed E-state index contributed by atoms with van der Waals surface area (Å²) in [5.41, 5.74) is 1.89. The lowest BCUT2D eigenvalue weighted by molar-refractivity contribution is 0.143. The summed E-state index contributed by atoms with van der Waals surface area (Å²) >= 11 is 0. The number of hydrogen-bond donors (Lipinski definition) is 3. The minimum Gasteiger partial charge on any atom is -0.391 e. The highest BCUT2D eigenvalue weighted by Crippen LogP contribution is 1.99. The van der Waals surface area contributed by atoms with E-state index in [4.69, 9.17) is 0 Å². The fourth-order valence-corrected chi connectivity index (χ4v) is 1.56. The first kappa shape index (κ1) is 14.4. The van der Waals surface area contributed by atoms with E-state index in [1.807, 2.05) is 26.0 Å². The highest BCUT2D eigenvalue weighted by molar-refractivity contribution is 5.74. The molecule has 0 aromatic carbocycles. The number of nitrogens with one attached hydrogen (secondary N) is 2. The molecule has 0 spiro atoms. The third-order valence-electron chi connectivity index (χ3n) is 2.74. The molecule has 18 heavy (non-hydrogen) atoms. The van der Waals surface area contributed by atoms with Crippen molar-refractivity contribution in [2.24, 2.45) is 0 Å². The zero-order chi connectivity index (χ0) is 13.5. The van der Waals surface area contributed by atoms with Crippen LogP contribution in [0.15, 0.2) is 18.3 Å². The van der Waals surface area contributed by atoms with Crippen LogP contribution >= 0.6 is 0 Å². The molecule has 0 fully saturated rings. The Hall–Kier alpha value is -1.62. The number of aliphatic hydroxyl groups is 1. The van der Waals surface area contributed by atoms with Crippen molar-refractivity contribution in [3.8, 4) is 0 Å². The number of urea groups is 1. The van der Waals surface area contributed by atoms with Crippen molar-refractivity contribution in [1.82, 2.24) is 15.6 Å². The topological polar surface area (TPSA) is 74.2 Å². The Kier molecular flexibility index (Phi) is 5.58. The number of nitrogens with zero attached hydrogens (tertiary/aromatic N) is 1. The second-order valence-corrected chi connectivity index (χ2v) is 4.41. The molecule has 0 aliphatic rings. The van der Waals surface area contributed by atoms with Crippen LogP contribution in [-0.2, 0) is 6.54 Å². The van der Waals surface area contributed by atoms with Crippen molar-refractivity contribution >= 4 is 6.03 Å². The number of aryl methyl sites for hydroxylation is 1. The highest BCUT2D eigenvalue weighted by atomic mass is 16.3. The zero-order valence-corrected chi connectivity index (χ0v) is 11.1. The third kappa shape index (κ3) is 4.71. The maximum atomic E-state index is 11.6. The molecule has 1 rings (SSSR count). The number of carbonyl (C=O) groups is 1. The average Bonchev–Trinajstić information content (AvgIpc) is 2.35. The van der Waals surface area contributed by atoms with Gasteiger partial charge in [0, 0.05) is 6.20 Å². The summed E-state index contributed by atoms with van der Waals surface area (Å²) in [6.07, 6.45) is 1.89. The van der Waals surface area contributed by atoms with Crippen LogP contribution in [0.25, 0.3) is 0 Å². The monoisotopic (exact) mass is 251 g/mol. The van der Waals surface area contributed by atoms with E-state index in [-0.39, 0.29) is 12.1 Å². The summed E-state index contributed by atoms with van der Waals surface area (Å²) in [6, 6.07) is 3.31. The first-order valence-electron chi connectivity index (χ1n) is 6.17. The number of amides is 2. The molecule has 1 aromatic heterocycles. The quantitative estimate of drug-likeness (QED) is 0.739. The third-order valence-corrected chi connectivity index (χ3v) is 2.74. The summed E-state index contributed by atoms with van der Waals surface area (Å²) in [6.45, 7) is 5.92. The van der Waals surface area contributed by atoms with Gasteiger partial charge in [-0.2, -0.15) is 0 Å². The Morgan fingerprint density at radius 1 is 1.50 bits per heavy atom. The molecular formula is C13H21N3O2. The number of aromatic nitrogens is 1. The van der Waals surface area contributed by atoms with Crippen molar-refractivity contribution in [3.05, 3.63) is 29.6 Å². The Labute approximate surface area is 108 Å². The number of aliphatic hydroxyl groups excluding tert-OH is 1. The molecule has 1 heterocycles. The van der Waals surface area contributed by atoms with Gasteiger partial charge in [-0.25, -0.2) is 4.79 Å². The largest absolute Gasteiger partial charge is 0.391 e. The lowest BCUT2D eigenvalue weighted by Crippen LogP contribution is -2.46. The first-order chi connectivity index (χ1) is 8.52. The van der Waals surface area contributed by atoms with Gasteiger partial charge in [0.25, 0.3) is 0 Å². The maximum absolute atomic E-state index is 11.6. The fraction of sp³-hybridized carbons (Fsp3) is 0.538. The van der Waals surface area contributed by atoms with Gasteiger partial charge < -0.3 is 15.7 Å². The molecule has 0 saturated heterocycles. The number of rotatable bonds is 5. The molecule has 0 aliphatic carbocycles. The van der Waals surface area contributed by atoms with Gasteiger partial charge in [-0.1, -0.05) is 13.0 Å². The molecule has 0 bridgehead atoms. The average molecular weight is 251 g/mol. The number of hydrogen-bond acceptors (Lipinski definition) is 3. The van der Waals surface area contributed by atoms with Gasteiger partial charge in [0.2, 0.25) is 0 Å². The molecule has 2 atom stereocenters. The SMILES string of the molecule is CC[C@H](NC(=O)NCc1ccc(C)cn1)[C@H](C)O. The van der Waals surface area contributed by atoms with E-state index < -0.39 is 6.10 Å². The van der Waals surface area contributed by atoms with Crippen LogP contribution in [0, 0.1) is 6.92 Å². The van der Waals surface area contributed by atoms with E-state index in [9.17, 15) is 9.90 Å². The molecule has 5 heteroatoms. The molecule has 5 nitrogen and oxygen atoms in total. The Bertz CT molecular complexity index is 376. The number of carbonyl (C=O) groups excluding carboxylic acids is 1. The zero-order valence-electron chi connectivity index (χ0n) is 11.1. The van der Waals surface area contributed by atoms with Crippen LogP contribution < -0.4 is 10.6 Å². The van der Waals surface area contributed by atoms with E-state index in [0.29, 0.717) is 13.0 Å². The van der Waals surface area contributed by atoms with Gasteiger partial charge >= 0.3 is 6.03 Å². The first-order valence-corrected chi connectivity index (χ1v) is 6.17. The molecule has 3 N–H and O–H groups in total. The van der Waals surface area contributed by atoms with Crippen molar-refractivity contribution in [1.29, 1.82) is 0 Å². The Morgan fingerprint density at radius 3 is 2.72 bits per heavy atom. The van der Waals surface area contributed by atoms with Crippen LogP contribution in [0.3, 0.4) is 0 Å². The Morgan fingerprint density at radius 2 is 2.22 bits per heavy atom. The predicted octanol–water partition coefficient (Wildman–Crippen LogP) is 1.35. The van der Waals surface area contributed by atoms with Crippen molar-refractivity contribution < 1.29 is 9.90 Å². The molecule has 2 amide bonds. The lowest BCUT2D eigenvalue weighted by atomic mass is 10.1. The second-order valence-electron chi connectivity index (χ2n) is 4.41. The summed E-state index contributed by atoms with van der Waals surface area (Å²) in [4.78, 5) is 15.8. The van der Waals surface area contributed by atoms with Crippen LogP contribution in [0.1, 0.15) is 31.5 Å². The standard InChI is InChI=1S/C13H21N3O2/c1-4-12(10(3)17)16-13(18)15-8-11-6-5-9(2)7-14-11/h5-7,10,12,17H,4,8H2,1-3H3,(H2,15,16,18)/t10-,12-/m0/s1. The minimum atomic E-state index is -0.557. The molecule has 0 unspecified atom stereocenters. The molecule has 1 aromatic rings. The molecule has 0 aliphatic heterocycles. The molecule has 0 saturated carbocycles. The van der Waals surface area contributed by atoms with E-state index in [0.717, 1.165) is 11.3 Å². The lowest BCUT2D eigenvalue weighted by Gasteiger charge is -2.19. The molecular weight excluding hydrogens is 230 g/mol. The van der Waals surface area contributed by atoms with E-state index >= 15 is 0 Å². The fourth-order valence-electron chi connectivity index (χ4n) is 1.56. The van der Waals surface area contributed by atoms with Crippen LogP contribution in [0.2, 0.25) is 0 Å². The van der Waals surface area contributed by atoms with Gasteiger partial charge in [-0.3, -0.25) is 4.98 Å². The minimum absolute atomic E-state index is 0.226. The molecule has 0 radical (unpaired) electrons. The van der Waals surface area contributed by atoms with Crippen molar-refractivity contribution in [2.75, 3.05) is 0 Å². The normalized spacial score (nSPS) is 13.8. The van der Waals surface area contributed by atoms with Gasteiger partial charge in [-0.15, -0.1) is 0 Å². The number of pyridine rings is 1. The predicted molar refractivity (Wildman–Crippen MR) is 70.1 cm³/mol. The molecule has 100 valence electrons. The smallest absolute Gasteiger partial charge is 0.315 e. The summed E-state index contributed by atoms with van der Waals surface area (Å²) in [5, 5.41) is 14.9. The Balaban J connectivity index is 2.39. The van der Waals surface area contributed by atoms with Crippen LogP contribution in [0.4, 0.5) is 4.79 Å². The summed E-state index contributed by atoms with van der Waals surface area (Å²) < 4.78 is 0. The van der Waals surface area contributed by atoms with E-state index in [2.05, 4.69) is 15.6 Å². The van der Waals surface area contributed by atoms with E-state index in [1.165, 1.54) is 0 Å². The maximum Gasteiger partial charge on any atom is 0.315 e.